The van der Waals surface area contributed by atoms with Crippen molar-refractivity contribution in [1.29, 1.82) is 0 Å². The van der Waals surface area contributed by atoms with Crippen LogP contribution in [0, 0.1) is 11.6 Å². The van der Waals surface area contributed by atoms with Gasteiger partial charge in [0.05, 0.1) is 12.2 Å². The fraction of sp³-hybridized carbons (Fsp3) is 0.250. The van der Waals surface area contributed by atoms with Crippen molar-refractivity contribution in [3.05, 3.63) is 35.4 Å². The minimum Gasteiger partial charge on any atom is -0.368 e. The van der Waals surface area contributed by atoms with Crippen LogP contribution in [-0.2, 0) is 4.74 Å². The highest BCUT2D eigenvalue weighted by Crippen LogP contribution is 2.33. The Hall–Kier alpha value is -0.960. The maximum absolute atomic E-state index is 12.8. The summed E-state index contributed by atoms with van der Waals surface area (Å²) in [6.45, 7) is 0.428. The lowest BCUT2D eigenvalue weighted by molar-refractivity contribution is 0.398. The van der Waals surface area contributed by atoms with E-state index in [1.807, 2.05) is 0 Å². The molecule has 1 aromatic carbocycles. The Labute approximate surface area is 62.6 Å². The first-order valence-corrected chi connectivity index (χ1v) is 3.34. The minimum atomic E-state index is -0.521. The van der Waals surface area contributed by atoms with E-state index in [0.29, 0.717) is 6.61 Å². The number of rotatable bonds is 1. The molecule has 0 aliphatic carbocycles. The van der Waals surface area contributed by atoms with Crippen molar-refractivity contribution in [3.63, 3.8) is 0 Å². The molecular weight excluding hydrogens is 150 g/mol. The molecule has 1 nitrogen and oxygen atoms in total. The van der Waals surface area contributed by atoms with Crippen molar-refractivity contribution >= 4 is 0 Å². The third-order valence-corrected chi connectivity index (χ3v) is 1.66. The summed E-state index contributed by atoms with van der Waals surface area (Å²) < 4.78 is 30.4. The zero-order valence-corrected chi connectivity index (χ0v) is 5.68. The van der Waals surface area contributed by atoms with E-state index < -0.39 is 11.6 Å². The Kier molecular flexibility index (Phi) is 1.39. The minimum absolute atomic E-state index is 0.0625. The summed E-state index contributed by atoms with van der Waals surface area (Å²) in [5, 5.41) is 0. The molecule has 1 aromatic rings. The Morgan fingerprint density at radius 2 is 1.82 bits per heavy atom. The monoisotopic (exact) mass is 156 g/mol. The van der Waals surface area contributed by atoms with Crippen molar-refractivity contribution < 1.29 is 13.5 Å². The number of epoxide rings is 1. The van der Waals surface area contributed by atoms with Gasteiger partial charge in [-0.05, 0) is 12.1 Å². The molecule has 11 heavy (non-hydrogen) atoms. The number of halogens is 2. The standard InChI is InChI=1S/C8H6F2O/c9-5-2-1-3-6(10)8(5)7-4-11-7/h1-3,7H,4H2. The molecule has 1 saturated heterocycles. The van der Waals surface area contributed by atoms with Gasteiger partial charge in [-0.2, -0.15) is 0 Å². The maximum Gasteiger partial charge on any atom is 0.132 e. The molecule has 0 N–H and O–H groups in total. The van der Waals surface area contributed by atoms with E-state index in [-0.39, 0.29) is 11.7 Å². The highest BCUT2D eigenvalue weighted by Gasteiger charge is 2.30. The molecule has 3 heteroatoms. The Morgan fingerprint density at radius 1 is 1.27 bits per heavy atom. The first-order chi connectivity index (χ1) is 5.29. The lowest BCUT2D eigenvalue weighted by atomic mass is 10.1. The summed E-state index contributed by atoms with van der Waals surface area (Å²) in [6, 6.07) is 3.82. The van der Waals surface area contributed by atoms with E-state index in [1.165, 1.54) is 18.2 Å². The van der Waals surface area contributed by atoms with Crippen molar-refractivity contribution in [2.45, 2.75) is 6.10 Å². The van der Waals surface area contributed by atoms with Crippen molar-refractivity contribution in [3.8, 4) is 0 Å². The van der Waals surface area contributed by atoms with Crippen LogP contribution < -0.4 is 0 Å². The fourth-order valence-corrected chi connectivity index (χ4v) is 1.03. The van der Waals surface area contributed by atoms with Gasteiger partial charge in [0.1, 0.15) is 17.7 Å². The van der Waals surface area contributed by atoms with Crippen LogP contribution in [0.15, 0.2) is 18.2 Å². The van der Waals surface area contributed by atoms with Gasteiger partial charge in [0.2, 0.25) is 0 Å². The summed E-state index contributed by atoms with van der Waals surface area (Å²) >= 11 is 0. The molecule has 1 aliphatic heterocycles. The Morgan fingerprint density at radius 3 is 2.27 bits per heavy atom. The predicted octanol–water partition coefficient (Wildman–Crippen LogP) is 2.04. The van der Waals surface area contributed by atoms with Crippen LogP contribution in [0.4, 0.5) is 8.78 Å². The summed E-state index contributed by atoms with van der Waals surface area (Å²) in [5.41, 5.74) is 0.0625. The van der Waals surface area contributed by atoms with Gasteiger partial charge in [-0.3, -0.25) is 0 Å². The molecule has 0 bridgehead atoms. The van der Waals surface area contributed by atoms with Gasteiger partial charge in [0, 0.05) is 0 Å². The molecule has 2 rings (SSSR count). The van der Waals surface area contributed by atoms with E-state index in [4.69, 9.17) is 4.74 Å². The van der Waals surface area contributed by atoms with E-state index >= 15 is 0 Å². The second-order valence-corrected chi connectivity index (χ2v) is 2.46. The van der Waals surface area contributed by atoms with E-state index in [9.17, 15) is 8.78 Å². The van der Waals surface area contributed by atoms with Crippen LogP contribution in [0.3, 0.4) is 0 Å². The van der Waals surface area contributed by atoms with Crippen LogP contribution in [-0.4, -0.2) is 6.61 Å². The summed E-state index contributed by atoms with van der Waals surface area (Å²) in [4.78, 5) is 0. The van der Waals surface area contributed by atoms with Gasteiger partial charge in [-0.15, -0.1) is 0 Å². The second-order valence-electron chi connectivity index (χ2n) is 2.46. The van der Waals surface area contributed by atoms with E-state index in [1.54, 1.807) is 0 Å². The summed E-state index contributed by atoms with van der Waals surface area (Å²) in [7, 11) is 0. The second kappa shape index (κ2) is 2.27. The lowest BCUT2D eigenvalue weighted by Crippen LogP contribution is -1.92. The van der Waals surface area contributed by atoms with E-state index in [0.717, 1.165) is 0 Å². The molecule has 1 aliphatic rings. The van der Waals surface area contributed by atoms with Crippen LogP contribution >= 0.6 is 0 Å². The SMILES string of the molecule is Fc1cccc(F)c1C1CO1. The smallest absolute Gasteiger partial charge is 0.132 e. The molecule has 0 amide bonds. The summed E-state index contributed by atoms with van der Waals surface area (Å²) in [6.07, 6.45) is -0.351. The first-order valence-electron chi connectivity index (χ1n) is 3.34. The van der Waals surface area contributed by atoms with Crippen molar-refractivity contribution in [2.75, 3.05) is 6.61 Å². The molecule has 0 aromatic heterocycles. The van der Waals surface area contributed by atoms with Gasteiger partial charge in [-0.1, -0.05) is 6.07 Å². The molecule has 0 radical (unpaired) electrons. The Bertz CT molecular complexity index is 261. The maximum atomic E-state index is 12.8. The highest BCUT2D eigenvalue weighted by molar-refractivity contribution is 5.24. The zero-order valence-electron chi connectivity index (χ0n) is 5.68. The zero-order chi connectivity index (χ0) is 7.84. The summed E-state index contributed by atoms with van der Waals surface area (Å²) in [5.74, 6) is -1.04. The van der Waals surface area contributed by atoms with Gasteiger partial charge >= 0.3 is 0 Å². The molecule has 0 spiro atoms. The van der Waals surface area contributed by atoms with Gasteiger partial charge in [0.25, 0.3) is 0 Å². The molecule has 58 valence electrons. The van der Waals surface area contributed by atoms with Gasteiger partial charge in [-0.25, -0.2) is 8.78 Å². The quantitative estimate of drug-likeness (QED) is 0.567. The first kappa shape index (κ1) is 6.73. The van der Waals surface area contributed by atoms with Crippen molar-refractivity contribution in [2.24, 2.45) is 0 Å². The van der Waals surface area contributed by atoms with Gasteiger partial charge < -0.3 is 4.74 Å². The molecule has 1 unspecified atom stereocenters. The number of hydrogen-bond acceptors (Lipinski definition) is 1. The van der Waals surface area contributed by atoms with Crippen LogP contribution in [0.2, 0.25) is 0 Å². The Balaban J connectivity index is 2.48. The lowest BCUT2D eigenvalue weighted by Gasteiger charge is -1.98. The number of benzene rings is 1. The van der Waals surface area contributed by atoms with Crippen molar-refractivity contribution in [1.82, 2.24) is 0 Å². The average molecular weight is 156 g/mol. The average Bonchev–Trinajstić information content (AvgIpc) is 2.70. The molecule has 1 fully saturated rings. The molecule has 1 heterocycles. The third kappa shape index (κ3) is 1.12. The number of hydrogen-bond donors (Lipinski definition) is 0. The van der Waals surface area contributed by atoms with Crippen LogP contribution in [0.1, 0.15) is 11.7 Å². The highest BCUT2D eigenvalue weighted by atomic mass is 19.1. The van der Waals surface area contributed by atoms with E-state index in [2.05, 4.69) is 0 Å². The fourth-order valence-electron chi connectivity index (χ4n) is 1.03. The molecule has 1 atom stereocenters. The van der Waals surface area contributed by atoms with Crippen LogP contribution in [0.25, 0.3) is 0 Å². The van der Waals surface area contributed by atoms with Crippen LogP contribution in [0.5, 0.6) is 0 Å². The molecule has 0 saturated carbocycles. The molecular formula is C8H6F2O. The number of ether oxygens (including phenoxy) is 1. The largest absolute Gasteiger partial charge is 0.368 e. The van der Waals surface area contributed by atoms with Gasteiger partial charge in [0.15, 0.2) is 0 Å². The predicted molar refractivity (Wildman–Crippen MR) is 35.1 cm³/mol. The third-order valence-electron chi connectivity index (χ3n) is 1.66. The topological polar surface area (TPSA) is 12.5 Å². The normalized spacial score (nSPS) is 21.8.